The topological polar surface area (TPSA) is 67.8 Å². The van der Waals surface area contributed by atoms with Crippen LogP contribution in [0.1, 0.15) is 18.2 Å². The van der Waals surface area contributed by atoms with Crippen molar-refractivity contribution in [2.75, 3.05) is 20.2 Å². The number of pyridine rings is 1. The van der Waals surface area contributed by atoms with E-state index in [9.17, 15) is 8.78 Å². The van der Waals surface area contributed by atoms with Crippen molar-refractivity contribution in [2.24, 2.45) is 4.99 Å². The van der Waals surface area contributed by atoms with Crippen molar-refractivity contribution in [3.05, 3.63) is 53.9 Å². The number of methoxy groups -OCH3 is 1. The van der Waals surface area contributed by atoms with E-state index in [1.807, 2.05) is 25.1 Å². The van der Waals surface area contributed by atoms with Gasteiger partial charge in [0.1, 0.15) is 11.5 Å². The number of guanidine groups is 1. The summed E-state index contributed by atoms with van der Waals surface area (Å²) in [7, 11) is 1.47. The third kappa shape index (κ3) is 8.24. The largest absolute Gasteiger partial charge is 0.497 e. The van der Waals surface area contributed by atoms with Crippen molar-refractivity contribution in [3.8, 4) is 11.5 Å². The second kappa shape index (κ2) is 13.1. The van der Waals surface area contributed by atoms with Crippen LogP contribution < -0.4 is 20.1 Å². The fraction of sp³-hybridized carbons (Fsp3) is 0.368. The molecule has 0 aliphatic rings. The maximum atomic E-state index is 12.7. The molecule has 0 radical (unpaired) electrons. The van der Waals surface area contributed by atoms with Crippen LogP contribution in [0, 0.1) is 0 Å². The van der Waals surface area contributed by atoms with Gasteiger partial charge < -0.3 is 20.1 Å². The van der Waals surface area contributed by atoms with Gasteiger partial charge in [-0.2, -0.15) is 8.78 Å². The highest BCUT2D eigenvalue weighted by Crippen LogP contribution is 2.27. The Bertz CT molecular complexity index is 733. The van der Waals surface area contributed by atoms with E-state index in [1.165, 1.54) is 13.2 Å². The molecule has 1 heterocycles. The standard InChI is InChI=1S/C19H24F2N4O2.HI/c1-3-22-19(24-11-9-15-6-4-5-10-23-15)25-13-14-7-8-16(26-2)12-17(14)27-18(20)21;/h4-8,10,12,18H,3,9,11,13H2,1-2H3,(H2,22,24,25);1H. The number of halogens is 3. The molecule has 2 aromatic rings. The first-order valence-corrected chi connectivity index (χ1v) is 8.66. The van der Waals surface area contributed by atoms with Gasteiger partial charge in [0.15, 0.2) is 5.96 Å². The summed E-state index contributed by atoms with van der Waals surface area (Å²) in [5.41, 5.74) is 1.52. The van der Waals surface area contributed by atoms with E-state index in [0.717, 1.165) is 12.1 Å². The Hall–Kier alpha value is -2.17. The Morgan fingerprint density at radius 2 is 2.04 bits per heavy atom. The molecule has 0 saturated heterocycles. The lowest BCUT2D eigenvalue weighted by molar-refractivity contribution is -0.0505. The molecule has 154 valence electrons. The number of aliphatic imine (C=N–C) groups is 1. The van der Waals surface area contributed by atoms with Crippen LogP contribution in [0.2, 0.25) is 0 Å². The summed E-state index contributed by atoms with van der Waals surface area (Å²) < 4.78 is 35.0. The van der Waals surface area contributed by atoms with Crippen molar-refractivity contribution in [1.82, 2.24) is 15.6 Å². The fourth-order valence-corrected chi connectivity index (χ4v) is 2.36. The Morgan fingerprint density at radius 1 is 1.21 bits per heavy atom. The molecule has 0 atom stereocenters. The normalized spacial score (nSPS) is 11.0. The van der Waals surface area contributed by atoms with E-state index < -0.39 is 6.61 Å². The minimum absolute atomic E-state index is 0. The number of hydrogen-bond acceptors (Lipinski definition) is 4. The SMILES string of the molecule is CCNC(=NCc1ccc(OC)cc1OC(F)F)NCCc1ccccn1.I. The van der Waals surface area contributed by atoms with Crippen LogP contribution in [-0.4, -0.2) is 37.8 Å². The third-order valence-corrected chi connectivity index (χ3v) is 3.64. The van der Waals surface area contributed by atoms with Crippen LogP contribution in [0.5, 0.6) is 11.5 Å². The molecule has 2 rings (SSSR count). The summed E-state index contributed by atoms with van der Waals surface area (Å²) in [5.74, 6) is 1.09. The second-order valence-electron chi connectivity index (χ2n) is 5.55. The zero-order valence-corrected chi connectivity index (χ0v) is 18.2. The molecule has 0 spiro atoms. The van der Waals surface area contributed by atoms with Gasteiger partial charge in [-0.05, 0) is 31.2 Å². The van der Waals surface area contributed by atoms with E-state index in [1.54, 1.807) is 18.3 Å². The average molecular weight is 506 g/mol. The first-order chi connectivity index (χ1) is 13.1. The quantitative estimate of drug-likeness (QED) is 0.309. The number of ether oxygens (including phenoxy) is 2. The number of alkyl halides is 2. The predicted molar refractivity (Wildman–Crippen MR) is 116 cm³/mol. The van der Waals surface area contributed by atoms with Crippen LogP contribution in [0.4, 0.5) is 8.78 Å². The highest BCUT2D eigenvalue weighted by molar-refractivity contribution is 14.0. The number of aromatic nitrogens is 1. The lowest BCUT2D eigenvalue weighted by Gasteiger charge is -2.13. The van der Waals surface area contributed by atoms with Crippen molar-refractivity contribution in [1.29, 1.82) is 0 Å². The maximum absolute atomic E-state index is 12.7. The molecule has 0 bridgehead atoms. The Balaban J connectivity index is 0.00000392. The summed E-state index contributed by atoms with van der Waals surface area (Å²) in [5, 5.41) is 6.33. The van der Waals surface area contributed by atoms with Crippen molar-refractivity contribution >= 4 is 29.9 Å². The Kier molecular flexibility index (Phi) is 11.2. The zero-order valence-electron chi connectivity index (χ0n) is 15.8. The molecule has 9 heteroatoms. The van der Waals surface area contributed by atoms with Gasteiger partial charge in [0.2, 0.25) is 0 Å². The summed E-state index contributed by atoms with van der Waals surface area (Å²) in [6.45, 7) is 0.550. The molecular formula is C19H25F2IN4O2. The highest BCUT2D eigenvalue weighted by Gasteiger charge is 2.11. The van der Waals surface area contributed by atoms with Crippen molar-refractivity contribution in [3.63, 3.8) is 0 Å². The summed E-state index contributed by atoms with van der Waals surface area (Å²) in [6, 6.07) is 10.5. The van der Waals surface area contributed by atoms with Gasteiger partial charge in [0, 0.05) is 43.0 Å². The lowest BCUT2D eigenvalue weighted by Crippen LogP contribution is -2.38. The molecule has 0 saturated carbocycles. The molecule has 0 aliphatic heterocycles. The van der Waals surface area contributed by atoms with E-state index in [-0.39, 0.29) is 36.3 Å². The average Bonchev–Trinajstić information content (AvgIpc) is 2.67. The molecular weight excluding hydrogens is 481 g/mol. The van der Waals surface area contributed by atoms with Crippen molar-refractivity contribution < 1.29 is 18.3 Å². The molecule has 1 aromatic carbocycles. The van der Waals surface area contributed by atoms with Gasteiger partial charge in [-0.25, -0.2) is 4.99 Å². The number of nitrogens with one attached hydrogen (secondary N) is 2. The summed E-state index contributed by atoms with van der Waals surface area (Å²) >= 11 is 0. The third-order valence-electron chi connectivity index (χ3n) is 3.64. The van der Waals surface area contributed by atoms with Crippen LogP contribution in [0.25, 0.3) is 0 Å². The molecule has 0 amide bonds. The Morgan fingerprint density at radius 3 is 2.68 bits per heavy atom. The first-order valence-electron chi connectivity index (χ1n) is 8.66. The predicted octanol–water partition coefficient (Wildman–Crippen LogP) is 3.61. The lowest BCUT2D eigenvalue weighted by atomic mass is 10.2. The maximum Gasteiger partial charge on any atom is 0.387 e. The second-order valence-corrected chi connectivity index (χ2v) is 5.55. The molecule has 28 heavy (non-hydrogen) atoms. The number of rotatable bonds is 9. The molecule has 0 fully saturated rings. The van der Waals surface area contributed by atoms with Crippen LogP contribution in [0.15, 0.2) is 47.6 Å². The minimum Gasteiger partial charge on any atom is -0.497 e. The molecule has 6 nitrogen and oxygen atoms in total. The first kappa shape index (κ1) is 23.9. The number of nitrogens with zero attached hydrogens (tertiary/aromatic N) is 2. The van der Waals surface area contributed by atoms with E-state index >= 15 is 0 Å². The van der Waals surface area contributed by atoms with Gasteiger partial charge in [0.05, 0.1) is 13.7 Å². The van der Waals surface area contributed by atoms with Gasteiger partial charge in [-0.3, -0.25) is 4.98 Å². The van der Waals surface area contributed by atoms with Gasteiger partial charge in [-0.1, -0.05) is 6.07 Å². The van der Waals surface area contributed by atoms with Crippen LogP contribution >= 0.6 is 24.0 Å². The van der Waals surface area contributed by atoms with Gasteiger partial charge in [-0.15, -0.1) is 24.0 Å². The van der Waals surface area contributed by atoms with E-state index in [4.69, 9.17) is 4.74 Å². The molecule has 0 aliphatic carbocycles. The van der Waals surface area contributed by atoms with Gasteiger partial charge in [0.25, 0.3) is 0 Å². The number of benzene rings is 1. The Labute approximate surface area is 180 Å². The smallest absolute Gasteiger partial charge is 0.387 e. The van der Waals surface area contributed by atoms with Crippen molar-refractivity contribution in [2.45, 2.75) is 26.5 Å². The minimum atomic E-state index is -2.91. The molecule has 1 aromatic heterocycles. The molecule has 0 unspecified atom stereocenters. The van der Waals surface area contributed by atoms with E-state index in [2.05, 4.69) is 25.3 Å². The van der Waals surface area contributed by atoms with Gasteiger partial charge >= 0.3 is 6.61 Å². The van der Waals surface area contributed by atoms with Crippen LogP contribution in [-0.2, 0) is 13.0 Å². The fourth-order valence-electron chi connectivity index (χ4n) is 2.36. The highest BCUT2D eigenvalue weighted by atomic mass is 127. The zero-order chi connectivity index (χ0) is 19.5. The van der Waals surface area contributed by atoms with E-state index in [0.29, 0.717) is 30.4 Å². The monoisotopic (exact) mass is 506 g/mol. The molecule has 2 N–H and O–H groups in total. The van der Waals surface area contributed by atoms with Crippen LogP contribution in [0.3, 0.4) is 0 Å². The summed E-state index contributed by atoms with van der Waals surface area (Å²) in [6.07, 6.45) is 2.50. The summed E-state index contributed by atoms with van der Waals surface area (Å²) in [4.78, 5) is 8.72. The number of hydrogen-bond donors (Lipinski definition) is 2.